The van der Waals surface area contributed by atoms with Crippen molar-refractivity contribution in [3.63, 3.8) is 0 Å². The first-order valence-electron chi connectivity index (χ1n) is 5.77. The first kappa shape index (κ1) is 14.1. The molecule has 0 spiro atoms. The van der Waals surface area contributed by atoms with E-state index in [9.17, 15) is 13.9 Å². The van der Waals surface area contributed by atoms with Crippen LogP contribution in [0.3, 0.4) is 0 Å². The molecule has 1 aromatic heterocycles. The first-order valence-corrected chi connectivity index (χ1v) is 6.57. The summed E-state index contributed by atoms with van der Waals surface area (Å²) in [4.78, 5) is 4.13. The van der Waals surface area contributed by atoms with E-state index in [1.807, 2.05) is 6.07 Å². The van der Waals surface area contributed by atoms with Gasteiger partial charge < -0.3 is 5.11 Å². The maximum Gasteiger partial charge on any atom is 0.162 e. The number of hydrogen-bond acceptors (Lipinski definition) is 2. The highest BCUT2D eigenvalue weighted by Gasteiger charge is 2.13. The van der Waals surface area contributed by atoms with Crippen LogP contribution in [0.2, 0.25) is 0 Å². The van der Waals surface area contributed by atoms with Crippen LogP contribution in [-0.4, -0.2) is 16.2 Å². The highest BCUT2D eigenvalue weighted by Crippen LogP contribution is 2.15. The van der Waals surface area contributed by atoms with Gasteiger partial charge in [-0.3, -0.25) is 4.98 Å². The van der Waals surface area contributed by atoms with Crippen molar-refractivity contribution >= 4 is 15.9 Å². The molecule has 1 unspecified atom stereocenters. The summed E-state index contributed by atoms with van der Waals surface area (Å²) in [5.41, 5.74) is 0.872. The zero-order chi connectivity index (χ0) is 13.8. The molecule has 2 rings (SSSR count). The third kappa shape index (κ3) is 3.81. The van der Waals surface area contributed by atoms with Gasteiger partial charge in [-0.15, -0.1) is 0 Å². The van der Waals surface area contributed by atoms with Gasteiger partial charge in [0.05, 0.1) is 6.10 Å². The average molecular weight is 328 g/mol. The standard InChI is InChI=1S/C14H12BrF2NO/c15-10-4-5-11(18-8-10)7-12(19)6-9-2-1-3-13(16)14(9)17/h1-5,8,12,19H,6-7H2. The quantitative estimate of drug-likeness (QED) is 0.934. The number of nitrogens with zero attached hydrogens (tertiary/aromatic N) is 1. The van der Waals surface area contributed by atoms with Crippen molar-refractivity contribution in [2.45, 2.75) is 18.9 Å². The fourth-order valence-electron chi connectivity index (χ4n) is 1.80. The van der Waals surface area contributed by atoms with Gasteiger partial charge in [-0.25, -0.2) is 8.78 Å². The van der Waals surface area contributed by atoms with Crippen molar-refractivity contribution in [2.24, 2.45) is 0 Å². The fourth-order valence-corrected chi connectivity index (χ4v) is 2.04. The summed E-state index contributed by atoms with van der Waals surface area (Å²) in [6.45, 7) is 0. The highest BCUT2D eigenvalue weighted by atomic mass is 79.9. The zero-order valence-electron chi connectivity index (χ0n) is 9.98. The predicted octanol–water partition coefficient (Wildman–Crippen LogP) is 3.27. The molecule has 1 heterocycles. The van der Waals surface area contributed by atoms with Crippen LogP contribution < -0.4 is 0 Å². The summed E-state index contributed by atoms with van der Waals surface area (Å²) in [6, 6.07) is 7.55. The van der Waals surface area contributed by atoms with Crippen molar-refractivity contribution < 1.29 is 13.9 Å². The number of aliphatic hydroxyl groups is 1. The van der Waals surface area contributed by atoms with Gasteiger partial charge >= 0.3 is 0 Å². The molecular formula is C14H12BrF2NO. The molecule has 0 saturated carbocycles. The van der Waals surface area contributed by atoms with Gasteiger partial charge in [-0.1, -0.05) is 12.1 Å². The number of rotatable bonds is 4. The van der Waals surface area contributed by atoms with Gasteiger partial charge in [0.1, 0.15) is 0 Å². The van der Waals surface area contributed by atoms with E-state index in [0.717, 1.165) is 10.5 Å². The highest BCUT2D eigenvalue weighted by molar-refractivity contribution is 9.10. The van der Waals surface area contributed by atoms with E-state index in [1.165, 1.54) is 12.1 Å². The van der Waals surface area contributed by atoms with Crippen LogP contribution in [0.15, 0.2) is 41.0 Å². The Kier molecular flexibility index (Phi) is 4.61. The lowest BCUT2D eigenvalue weighted by molar-refractivity contribution is 0.172. The SMILES string of the molecule is OC(Cc1ccc(Br)cn1)Cc1cccc(F)c1F. The third-order valence-electron chi connectivity index (χ3n) is 2.72. The molecule has 0 saturated heterocycles. The number of hydrogen-bond donors (Lipinski definition) is 1. The van der Waals surface area contributed by atoms with Gasteiger partial charge in [-0.2, -0.15) is 0 Å². The number of halogens is 3. The normalized spacial score (nSPS) is 12.4. The second kappa shape index (κ2) is 6.21. The first-order chi connectivity index (χ1) is 9.06. The molecule has 1 aromatic carbocycles. The van der Waals surface area contributed by atoms with E-state index in [4.69, 9.17) is 0 Å². The summed E-state index contributed by atoms with van der Waals surface area (Å²) >= 11 is 3.27. The van der Waals surface area contributed by atoms with Crippen molar-refractivity contribution in [1.82, 2.24) is 4.98 Å². The lowest BCUT2D eigenvalue weighted by atomic mass is 10.0. The van der Waals surface area contributed by atoms with E-state index in [0.29, 0.717) is 12.1 Å². The van der Waals surface area contributed by atoms with Crippen LogP contribution in [0.1, 0.15) is 11.3 Å². The van der Waals surface area contributed by atoms with E-state index >= 15 is 0 Å². The fraction of sp³-hybridized carbons (Fsp3) is 0.214. The van der Waals surface area contributed by atoms with E-state index < -0.39 is 17.7 Å². The number of aliphatic hydroxyl groups excluding tert-OH is 1. The third-order valence-corrected chi connectivity index (χ3v) is 3.19. The van der Waals surface area contributed by atoms with Crippen LogP contribution in [0.5, 0.6) is 0 Å². The molecule has 0 radical (unpaired) electrons. The Hall–Kier alpha value is -1.33. The predicted molar refractivity (Wildman–Crippen MR) is 71.7 cm³/mol. The summed E-state index contributed by atoms with van der Waals surface area (Å²) in [6.07, 6.45) is 1.18. The van der Waals surface area contributed by atoms with Crippen molar-refractivity contribution in [1.29, 1.82) is 0 Å². The average Bonchev–Trinajstić information content (AvgIpc) is 2.38. The topological polar surface area (TPSA) is 33.1 Å². The molecule has 0 aliphatic heterocycles. The monoisotopic (exact) mass is 327 g/mol. The van der Waals surface area contributed by atoms with Crippen LogP contribution in [-0.2, 0) is 12.8 Å². The number of pyridine rings is 1. The van der Waals surface area contributed by atoms with E-state index in [2.05, 4.69) is 20.9 Å². The maximum absolute atomic E-state index is 13.4. The lowest BCUT2D eigenvalue weighted by Crippen LogP contribution is -2.16. The number of benzene rings is 1. The smallest absolute Gasteiger partial charge is 0.162 e. The van der Waals surface area contributed by atoms with E-state index in [-0.39, 0.29) is 12.0 Å². The van der Waals surface area contributed by atoms with Gasteiger partial charge in [0.25, 0.3) is 0 Å². The molecular weight excluding hydrogens is 316 g/mol. The lowest BCUT2D eigenvalue weighted by Gasteiger charge is -2.11. The Labute approximate surface area is 118 Å². The zero-order valence-corrected chi connectivity index (χ0v) is 11.6. The minimum atomic E-state index is -0.898. The molecule has 1 N–H and O–H groups in total. The van der Waals surface area contributed by atoms with Crippen molar-refractivity contribution in [3.05, 3.63) is 63.9 Å². The minimum Gasteiger partial charge on any atom is -0.392 e. The molecule has 100 valence electrons. The molecule has 19 heavy (non-hydrogen) atoms. The Morgan fingerprint density at radius 3 is 2.63 bits per heavy atom. The molecule has 0 fully saturated rings. The van der Waals surface area contributed by atoms with E-state index in [1.54, 1.807) is 12.3 Å². The molecule has 2 aromatic rings. The van der Waals surface area contributed by atoms with Crippen LogP contribution in [0, 0.1) is 11.6 Å². The molecule has 5 heteroatoms. The van der Waals surface area contributed by atoms with Gasteiger partial charge in [-0.05, 0) is 39.7 Å². The Morgan fingerprint density at radius 2 is 1.95 bits per heavy atom. The number of aromatic nitrogens is 1. The Balaban J connectivity index is 2.03. The van der Waals surface area contributed by atoms with Crippen molar-refractivity contribution in [2.75, 3.05) is 0 Å². The molecule has 2 nitrogen and oxygen atoms in total. The largest absolute Gasteiger partial charge is 0.392 e. The summed E-state index contributed by atoms with van der Waals surface area (Å²) in [7, 11) is 0. The summed E-state index contributed by atoms with van der Waals surface area (Å²) < 4.78 is 27.3. The van der Waals surface area contributed by atoms with Crippen LogP contribution in [0.4, 0.5) is 8.78 Å². The Morgan fingerprint density at radius 1 is 1.16 bits per heavy atom. The minimum absolute atomic E-state index is 0.0569. The maximum atomic E-state index is 13.4. The Bertz CT molecular complexity index is 560. The molecule has 1 atom stereocenters. The molecule has 0 aliphatic rings. The van der Waals surface area contributed by atoms with Crippen LogP contribution >= 0.6 is 15.9 Å². The van der Waals surface area contributed by atoms with Crippen molar-refractivity contribution in [3.8, 4) is 0 Å². The van der Waals surface area contributed by atoms with Gasteiger partial charge in [0.2, 0.25) is 0 Å². The summed E-state index contributed by atoms with van der Waals surface area (Å²) in [5, 5.41) is 9.90. The van der Waals surface area contributed by atoms with Crippen LogP contribution in [0.25, 0.3) is 0 Å². The van der Waals surface area contributed by atoms with Gasteiger partial charge in [0, 0.05) is 29.2 Å². The van der Waals surface area contributed by atoms with Gasteiger partial charge in [0.15, 0.2) is 11.6 Å². The molecule has 0 bridgehead atoms. The second-order valence-electron chi connectivity index (χ2n) is 4.24. The molecule has 0 amide bonds. The summed E-state index contributed by atoms with van der Waals surface area (Å²) in [5.74, 6) is -1.79. The second-order valence-corrected chi connectivity index (χ2v) is 5.16. The molecule has 0 aliphatic carbocycles.